The van der Waals surface area contributed by atoms with E-state index in [0.29, 0.717) is 18.5 Å². The first-order valence-corrected chi connectivity index (χ1v) is 4.83. The summed E-state index contributed by atoms with van der Waals surface area (Å²) in [6, 6.07) is 1.71. The predicted molar refractivity (Wildman–Crippen MR) is 53.1 cm³/mol. The molecule has 0 saturated heterocycles. The van der Waals surface area contributed by atoms with Gasteiger partial charge >= 0.3 is 6.18 Å². The molecule has 16 heavy (non-hydrogen) atoms. The standard InChI is InChI=1S/C10H13F3N2O/c1-2-8-3-7(4-14)5-15-9(8)16-6-10(11,12)13/h3,5H,2,4,6,14H2,1H3. The predicted octanol–water partition coefficient (Wildman–Crippen LogP) is 2.04. The molecule has 1 heterocycles. The molecule has 0 unspecified atom stereocenters. The number of alkyl halides is 3. The lowest BCUT2D eigenvalue weighted by molar-refractivity contribution is -0.154. The Morgan fingerprint density at radius 2 is 2.12 bits per heavy atom. The third-order valence-electron chi connectivity index (χ3n) is 1.97. The second kappa shape index (κ2) is 5.16. The van der Waals surface area contributed by atoms with Crippen molar-refractivity contribution in [2.24, 2.45) is 5.73 Å². The summed E-state index contributed by atoms with van der Waals surface area (Å²) in [7, 11) is 0. The van der Waals surface area contributed by atoms with Gasteiger partial charge in [-0.2, -0.15) is 13.2 Å². The lowest BCUT2D eigenvalue weighted by Crippen LogP contribution is -2.20. The SMILES string of the molecule is CCc1cc(CN)cnc1OCC(F)(F)F. The van der Waals surface area contributed by atoms with E-state index < -0.39 is 12.8 Å². The van der Waals surface area contributed by atoms with E-state index in [0.717, 1.165) is 5.56 Å². The van der Waals surface area contributed by atoms with Crippen molar-refractivity contribution in [1.29, 1.82) is 0 Å². The highest BCUT2D eigenvalue weighted by molar-refractivity contribution is 5.29. The molecular formula is C10H13F3N2O. The first-order chi connectivity index (χ1) is 7.46. The minimum Gasteiger partial charge on any atom is -0.468 e. The van der Waals surface area contributed by atoms with E-state index in [1.807, 2.05) is 6.92 Å². The molecule has 0 bridgehead atoms. The van der Waals surface area contributed by atoms with Gasteiger partial charge in [0.2, 0.25) is 5.88 Å². The van der Waals surface area contributed by atoms with Gasteiger partial charge in [-0.05, 0) is 18.1 Å². The molecule has 0 spiro atoms. The largest absolute Gasteiger partial charge is 0.468 e. The van der Waals surface area contributed by atoms with Gasteiger partial charge in [0.15, 0.2) is 6.61 Å². The number of aryl methyl sites for hydroxylation is 1. The number of rotatable bonds is 4. The maximum atomic E-state index is 11.9. The van der Waals surface area contributed by atoms with Crippen LogP contribution in [-0.4, -0.2) is 17.8 Å². The summed E-state index contributed by atoms with van der Waals surface area (Å²) in [4.78, 5) is 3.82. The number of hydrogen-bond acceptors (Lipinski definition) is 3. The molecule has 0 aliphatic heterocycles. The summed E-state index contributed by atoms with van der Waals surface area (Å²) in [5, 5.41) is 0. The zero-order valence-corrected chi connectivity index (χ0v) is 8.84. The van der Waals surface area contributed by atoms with E-state index in [1.54, 1.807) is 6.07 Å². The molecule has 2 N–H and O–H groups in total. The minimum absolute atomic E-state index is 0.0250. The third-order valence-corrected chi connectivity index (χ3v) is 1.97. The van der Waals surface area contributed by atoms with E-state index in [-0.39, 0.29) is 5.88 Å². The fraction of sp³-hybridized carbons (Fsp3) is 0.500. The van der Waals surface area contributed by atoms with Gasteiger partial charge < -0.3 is 10.5 Å². The maximum Gasteiger partial charge on any atom is 0.422 e. The Balaban J connectivity index is 2.79. The molecule has 0 aromatic carbocycles. The topological polar surface area (TPSA) is 48.1 Å². The van der Waals surface area contributed by atoms with Crippen LogP contribution in [0.3, 0.4) is 0 Å². The summed E-state index contributed by atoms with van der Waals surface area (Å²) in [5.41, 5.74) is 6.81. The first-order valence-electron chi connectivity index (χ1n) is 4.83. The average Bonchev–Trinajstić information content (AvgIpc) is 2.25. The van der Waals surface area contributed by atoms with Gasteiger partial charge in [0.25, 0.3) is 0 Å². The molecule has 0 fully saturated rings. The smallest absolute Gasteiger partial charge is 0.422 e. The molecule has 0 saturated carbocycles. The second-order valence-electron chi connectivity index (χ2n) is 3.27. The van der Waals surface area contributed by atoms with Crippen molar-refractivity contribution in [2.45, 2.75) is 26.1 Å². The van der Waals surface area contributed by atoms with E-state index in [4.69, 9.17) is 5.73 Å². The highest BCUT2D eigenvalue weighted by atomic mass is 19.4. The van der Waals surface area contributed by atoms with Crippen molar-refractivity contribution in [3.8, 4) is 5.88 Å². The maximum absolute atomic E-state index is 11.9. The molecule has 3 nitrogen and oxygen atoms in total. The highest BCUT2D eigenvalue weighted by Gasteiger charge is 2.29. The second-order valence-corrected chi connectivity index (χ2v) is 3.27. The van der Waals surface area contributed by atoms with Crippen LogP contribution in [0.15, 0.2) is 12.3 Å². The Hall–Kier alpha value is -1.30. The number of nitrogens with two attached hydrogens (primary N) is 1. The minimum atomic E-state index is -4.35. The molecule has 1 rings (SSSR count). The Morgan fingerprint density at radius 1 is 1.44 bits per heavy atom. The number of ether oxygens (including phenoxy) is 1. The Labute approximate surface area is 91.4 Å². The lowest BCUT2D eigenvalue weighted by atomic mass is 10.1. The number of halogens is 3. The zero-order chi connectivity index (χ0) is 12.2. The molecule has 1 aromatic heterocycles. The number of nitrogens with zero attached hydrogens (tertiary/aromatic N) is 1. The average molecular weight is 234 g/mol. The number of pyridine rings is 1. The summed E-state index contributed by atoms with van der Waals surface area (Å²) >= 11 is 0. The van der Waals surface area contributed by atoms with Crippen LogP contribution in [0.5, 0.6) is 5.88 Å². The zero-order valence-electron chi connectivity index (χ0n) is 8.84. The highest BCUT2D eigenvalue weighted by Crippen LogP contribution is 2.21. The summed E-state index contributed by atoms with van der Waals surface area (Å²) in [6.45, 7) is 0.798. The van der Waals surface area contributed by atoms with Gasteiger partial charge in [-0.25, -0.2) is 4.98 Å². The van der Waals surface area contributed by atoms with Crippen molar-refractivity contribution < 1.29 is 17.9 Å². The fourth-order valence-corrected chi connectivity index (χ4v) is 1.19. The van der Waals surface area contributed by atoms with Crippen molar-refractivity contribution in [2.75, 3.05) is 6.61 Å². The van der Waals surface area contributed by atoms with Crippen molar-refractivity contribution in [1.82, 2.24) is 4.98 Å². The van der Waals surface area contributed by atoms with Crippen molar-refractivity contribution >= 4 is 0 Å². The normalized spacial score (nSPS) is 11.6. The van der Waals surface area contributed by atoms with Crippen LogP contribution in [0.2, 0.25) is 0 Å². The van der Waals surface area contributed by atoms with Crippen molar-refractivity contribution in [3.63, 3.8) is 0 Å². The fourth-order valence-electron chi connectivity index (χ4n) is 1.19. The molecule has 0 radical (unpaired) electrons. The van der Waals surface area contributed by atoms with Crippen LogP contribution in [0.1, 0.15) is 18.1 Å². The monoisotopic (exact) mass is 234 g/mol. The van der Waals surface area contributed by atoms with Crippen LogP contribution in [0, 0.1) is 0 Å². The summed E-state index contributed by atoms with van der Waals surface area (Å²) < 4.78 is 40.5. The van der Waals surface area contributed by atoms with E-state index in [9.17, 15) is 13.2 Å². The van der Waals surface area contributed by atoms with Gasteiger partial charge in [0.05, 0.1) is 0 Å². The molecule has 0 aliphatic rings. The Morgan fingerprint density at radius 3 is 2.62 bits per heavy atom. The molecule has 90 valence electrons. The lowest BCUT2D eigenvalue weighted by Gasteiger charge is -2.11. The number of hydrogen-bond donors (Lipinski definition) is 1. The number of aromatic nitrogens is 1. The first kappa shape index (κ1) is 12.8. The third kappa shape index (κ3) is 3.69. The van der Waals surface area contributed by atoms with Crippen LogP contribution in [-0.2, 0) is 13.0 Å². The van der Waals surface area contributed by atoms with Crippen LogP contribution < -0.4 is 10.5 Å². The van der Waals surface area contributed by atoms with Gasteiger partial charge in [0, 0.05) is 18.3 Å². The van der Waals surface area contributed by atoms with E-state index >= 15 is 0 Å². The molecule has 0 atom stereocenters. The van der Waals surface area contributed by atoms with E-state index in [1.165, 1.54) is 6.20 Å². The molecular weight excluding hydrogens is 221 g/mol. The van der Waals surface area contributed by atoms with Crippen LogP contribution in [0.4, 0.5) is 13.2 Å². The van der Waals surface area contributed by atoms with Crippen molar-refractivity contribution in [3.05, 3.63) is 23.4 Å². The van der Waals surface area contributed by atoms with Gasteiger partial charge in [-0.1, -0.05) is 6.92 Å². The molecule has 0 amide bonds. The van der Waals surface area contributed by atoms with Crippen LogP contribution >= 0.6 is 0 Å². The van der Waals surface area contributed by atoms with Gasteiger partial charge in [-0.15, -0.1) is 0 Å². The van der Waals surface area contributed by atoms with Gasteiger partial charge in [-0.3, -0.25) is 0 Å². The molecule has 6 heteroatoms. The Kier molecular flexibility index (Phi) is 4.12. The quantitative estimate of drug-likeness (QED) is 0.867. The van der Waals surface area contributed by atoms with Gasteiger partial charge in [0.1, 0.15) is 0 Å². The van der Waals surface area contributed by atoms with Crippen LogP contribution in [0.25, 0.3) is 0 Å². The van der Waals surface area contributed by atoms with E-state index in [2.05, 4.69) is 9.72 Å². The molecule has 0 aliphatic carbocycles. The summed E-state index contributed by atoms with van der Waals surface area (Å²) in [5.74, 6) is 0.0250. The molecule has 1 aromatic rings. The summed E-state index contributed by atoms with van der Waals surface area (Å²) in [6.07, 6.45) is -2.38. The Bertz CT molecular complexity index is 352.